The number of hydrogen-bond donors (Lipinski definition) is 1. The zero-order valence-electron chi connectivity index (χ0n) is 20.2. The van der Waals surface area contributed by atoms with Crippen LogP contribution in [-0.4, -0.2) is 50.0 Å². The van der Waals surface area contributed by atoms with Crippen molar-refractivity contribution in [3.63, 3.8) is 0 Å². The summed E-state index contributed by atoms with van der Waals surface area (Å²) in [6.07, 6.45) is 5.08. The second-order valence-corrected chi connectivity index (χ2v) is 11.7. The first kappa shape index (κ1) is 28.2. The third-order valence-electron chi connectivity index (χ3n) is 6.20. The molecule has 1 N–H and O–H groups in total. The molecule has 0 spiro atoms. The van der Waals surface area contributed by atoms with Gasteiger partial charge < -0.3 is 10.2 Å². The number of amides is 2. The van der Waals surface area contributed by atoms with Gasteiger partial charge in [0.2, 0.25) is 21.8 Å². The standard InChI is InChI=1S/C25H30Cl2FN3O4S/c1-3-23(25(33)29-19-8-4-5-9-19)30(15-17-11-12-21(26)22(27)13-17)24(32)16-31(36(2,34)35)20-10-6-7-18(28)14-20/h6-7,10-14,19,23H,3-5,8-9,15-16H2,1-2H3,(H,29,33)/t23-/m1/s1. The van der Waals surface area contributed by atoms with Gasteiger partial charge in [0.05, 0.1) is 22.0 Å². The van der Waals surface area contributed by atoms with Crippen LogP contribution in [0.2, 0.25) is 10.0 Å². The summed E-state index contributed by atoms with van der Waals surface area (Å²) in [6.45, 7) is 1.19. The number of benzene rings is 2. The number of rotatable bonds is 10. The van der Waals surface area contributed by atoms with Crippen LogP contribution in [0, 0.1) is 5.82 Å². The van der Waals surface area contributed by atoms with E-state index in [0.717, 1.165) is 42.3 Å². The summed E-state index contributed by atoms with van der Waals surface area (Å²) in [5.74, 6) is -1.54. The third kappa shape index (κ3) is 7.33. The monoisotopic (exact) mass is 557 g/mol. The number of carbonyl (C=O) groups is 2. The minimum Gasteiger partial charge on any atom is -0.352 e. The van der Waals surface area contributed by atoms with E-state index in [2.05, 4.69) is 5.32 Å². The van der Waals surface area contributed by atoms with Gasteiger partial charge in [-0.05, 0) is 55.2 Å². The summed E-state index contributed by atoms with van der Waals surface area (Å²) < 4.78 is 39.8. The van der Waals surface area contributed by atoms with Crippen LogP contribution >= 0.6 is 23.2 Å². The Hall–Kier alpha value is -2.36. The first-order chi connectivity index (χ1) is 17.0. The van der Waals surface area contributed by atoms with E-state index in [1.165, 1.54) is 23.1 Å². The minimum absolute atomic E-state index is 0.00701. The van der Waals surface area contributed by atoms with Crippen molar-refractivity contribution in [2.45, 2.75) is 57.7 Å². The molecule has 2 aromatic rings. The van der Waals surface area contributed by atoms with E-state index < -0.39 is 34.3 Å². The second kappa shape index (κ2) is 12.3. The van der Waals surface area contributed by atoms with Crippen molar-refractivity contribution in [1.29, 1.82) is 0 Å². The lowest BCUT2D eigenvalue weighted by molar-refractivity contribution is -0.140. The highest BCUT2D eigenvalue weighted by Crippen LogP contribution is 2.25. The molecule has 196 valence electrons. The van der Waals surface area contributed by atoms with E-state index in [4.69, 9.17) is 23.2 Å². The van der Waals surface area contributed by atoms with Gasteiger partial charge in [-0.2, -0.15) is 0 Å². The van der Waals surface area contributed by atoms with Crippen molar-refractivity contribution in [3.05, 3.63) is 63.9 Å². The second-order valence-electron chi connectivity index (χ2n) is 8.93. The van der Waals surface area contributed by atoms with Gasteiger partial charge in [0, 0.05) is 12.6 Å². The van der Waals surface area contributed by atoms with E-state index in [1.54, 1.807) is 25.1 Å². The van der Waals surface area contributed by atoms with Crippen molar-refractivity contribution in [2.24, 2.45) is 0 Å². The first-order valence-corrected chi connectivity index (χ1v) is 14.4. The van der Waals surface area contributed by atoms with Crippen molar-refractivity contribution in [1.82, 2.24) is 10.2 Å². The van der Waals surface area contributed by atoms with Gasteiger partial charge in [-0.1, -0.05) is 55.1 Å². The molecule has 0 radical (unpaired) electrons. The lowest BCUT2D eigenvalue weighted by Gasteiger charge is -2.33. The largest absolute Gasteiger partial charge is 0.352 e. The third-order valence-corrected chi connectivity index (χ3v) is 8.08. The molecule has 36 heavy (non-hydrogen) atoms. The highest BCUT2D eigenvalue weighted by atomic mass is 35.5. The van der Waals surface area contributed by atoms with Crippen LogP contribution in [0.25, 0.3) is 0 Å². The normalized spacial score (nSPS) is 14.9. The van der Waals surface area contributed by atoms with Gasteiger partial charge in [-0.25, -0.2) is 12.8 Å². The van der Waals surface area contributed by atoms with Crippen molar-refractivity contribution >= 4 is 50.7 Å². The van der Waals surface area contributed by atoms with E-state index in [1.807, 2.05) is 0 Å². The van der Waals surface area contributed by atoms with Crippen LogP contribution in [-0.2, 0) is 26.2 Å². The molecule has 3 rings (SSSR count). The maximum Gasteiger partial charge on any atom is 0.244 e. The topological polar surface area (TPSA) is 86.8 Å². The molecule has 2 amide bonds. The predicted molar refractivity (Wildman–Crippen MR) is 140 cm³/mol. The van der Waals surface area contributed by atoms with Crippen LogP contribution in [0.5, 0.6) is 0 Å². The number of nitrogens with zero attached hydrogens (tertiary/aromatic N) is 2. The number of sulfonamides is 1. The van der Waals surface area contributed by atoms with Crippen LogP contribution < -0.4 is 9.62 Å². The molecular weight excluding hydrogens is 528 g/mol. The Morgan fingerprint density at radius 3 is 2.39 bits per heavy atom. The lowest BCUT2D eigenvalue weighted by atomic mass is 10.1. The molecule has 0 heterocycles. The van der Waals surface area contributed by atoms with Gasteiger partial charge in [-0.15, -0.1) is 0 Å². The van der Waals surface area contributed by atoms with Crippen LogP contribution in [0.15, 0.2) is 42.5 Å². The molecule has 11 heteroatoms. The summed E-state index contributed by atoms with van der Waals surface area (Å²) in [5.41, 5.74) is 0.644. The number of halogens is 3. The molecule has 1 saturated carbocycles. The summed E-state index contributed by atoms with van der Waals surface area (Å²) in [4.78, 5) is 28.2. The molecule has 0 aliphatic heterocycles. The summed E-state index contributed by atoms with van der Waals surface area (Å²) in [5, 5.41) is 3.67. The molecule has 1 atom stereocenters. The van der Waals surface area contributed by atoms with E-state index >= 15 is 0 Å². The van der Waals surface area contributed by atoms with E-state index in [0.29, 0.717) is 22.0 Å². The Morgan fingerprint density at radius 1 is 1.11 bits per heavy atom. The molecule has 1 aliphatic carbocycles. The quantitative estimate of drug-likeness (QED) is 0.456. The molecule has 1 fully saturated rings. The fraction of sp³-hybridized carbons (Fsp3) is 0.440. The molecule has 0 aromatic heterocycles. The highest BCUT2D eigenvalue weighted by Gasteiger charge is 2.33. The molecule has 2 aromatic carbocycles. The molecule has 1 aliphatic rings. The maximum absolute atomic E-state index is 13.9. The zero-order valence-corrected chi connectivity index (χ0v) is 22.5. The molecule has 7 nitrogen and oxygen atoms in total. The van der Waals surface area contributed by atoms with Crippen LogP contribution in [0.1, 0.15) is 44.6 Å². The van der Waals surface area contributed by atoms with Gasteiger partial charge >= 0.3 is 0 Å². The summed E-state index contributed by atoms with van der Waals surface area (Å²) in [6, 6.07) is 9.09. The van der Waals surface area contributed by atoms with Crippen molar-refractivity contribution in [2.75, 3.05) is 17.1 Å². The van der Waals surface area contributed by atoms with Crippen molar-refractivity contribution in [3.8, 4) is 0 Å². The van der Waals surface area contributed by atoms with Crippen LogP contribution in [0.3, 0.4) is 0 Å². The molecule has 0 bridgehead atoms. The molecular formula is C25H30Cl2FN3O4S. The Morgan fingerprint density at radius 2 is 1.81 bits per heavy atom. The fourth-order valence-corrected chi connectivity index (χ4v) is 5.53. The average Bonchev–Trinajstić information content (AvgIpc) is 3.31. The van der Waals surface area contributed by atoms with E-state index in [9.17, 15) is 22.4 Å². The SMILES string of the molecule is CC[C@H](C(=O)NC1CCCC1)N(Cc1ccc(Cl)c(Cl)c1)C(=O)CN(c1cccc(F)c1)S(C)(=O)=O. The lowest BCUT2D eigenvalue weighted by Crippen LogP contribution is -2.53. The molecule has 0 unspecified atom stereocenters. The van der Waals surface area contributed by atoms with Gasteiger partial charge in [0.25, 0.3) is 0 Å². The Labute approximate surface area is 221 Å². The Balaban J connectivity index is 1.94. The van der Waals surface area contributed by atoms with Crippen LogP contribution in [0.4, 0.5) is 10.1 Å². The summed E-state index contributed by atoms with van der Waals surface area (Å²) in [7, 11) is -3.94. The number of anilines is 1. The maximum atomic E-state index is 13.9. The highest BCUT2D eigenvalue weighted by molar-refractivity contribution is 7.92. The fourth-order valence-electron chi connectivity index (χ4n) is 4.37. The van der Waals surface area contributed by atoms with Gasteiger partial charge in [-0.3, -0.25) is 13.9 Å². The minimum atomic E-state index is -3.94. The molecule has 0 saturated heterocycles. The number of hydrogen-bond acceptors (Lipinski definition) is 4. The first-order valence-electron chi connectivity index (χ1n) is 11.8. The Bertz CT molecular complexity index is 1210. The summed E-state index contributed by atoms with van der Waals surface area (Å²) >= 11 is 12.2. The van der Waals surface area contributed by atoms with Gasteiger partial charge in [0.15, 0.2) is 0 Å². The van der Waals surface area contributed by atoms with E-state index in [-0.39, 0.29) is 24.2 Å². The Kier molecular flexibility index (Phi) is 9.60. The van der Waals surface area contributed by atoms with Gasteiger partial charge in [0.1, 0.15) is 18.4 Å². The predicted octanol–water partition coefficient (Wildman–Crippen LogP) is 4.76. The number of carbonyl (C=O) groups excluding carboxylic acids is 2. The van der Waals surface area contributed by atoms with Crippen molar-refractivity contribution < 1.29 is 22.4 Å². The average molecular weight is 559 g/mol. The zero-order chi connectivity index (χ0) is 26.5. The smallest absolute Gasteiger partial charge is 0.244 e. The number of nitrogens with one attached hydrogen (secondary N) is 1.